The van der Waals surface area contributed by atoms with Crippen LogP contribution in [0.3, 0.4) is 0 Å². The molecule has 1 saturated heterocycles. The van der Waals surface area contributed by atoms with Gasteiger partial charge in [-0.3, -0.25) is 9.69 Å². The molecule has 160 valence electrons. The Morgan fingerprint density at radius 1 is 1.17 bits per heavy atom. The first-order chi connectivity index (χ1) is 14.5. The molecule has 2 aromatic heterocycles. The van der Waals surface area contributed by atoms with Crippen molar-refractivity contribution in [1.82, 2.24) is 14.9 Å². The second-order valence-corrected chi connectivity index (χ2v) is 9.85. The van der Waals surface area contributed by atoms with E-state index in [0.29, 0.717) is 0 Å². The van der Waals surface area contributed by atoms with E-state index in [1.165, 1.54) is 10.6 Å². The van der Waals surface area contributed by atoms with Crippen LogP contribution in [0, 0.1) is 13.8 Å². The molecule has 4 rings (SSSR count). The molecular weight excluding hydrogens is 416 g/mol. The Kier molecular flexibility index (Phi) is 6.65. The first-order valence-corrected chi connectivity index (χ1v) is 12.1. The van der Waals surface area contributed by atoms with E-state index in [4.69, 9.17) is 4.74 Å². The average Bonchev–Trinajstić information content (AvgIpc) is 3.05. The molecule has 1 fully saturated rings. The summed E-state index contributed by atoms with van der Waals surface area (Å²) in [4.78, 5) is 26.9. The third-order valence-corrected chi connectivity index (χ3v) is 7.75. The van der Waals surface area contributed by atoms with Crippen LogP contribution in [0.4, 0.5) is 5.69 Å². The zero-order valence-corrected chi connectivity index (χ0v) is 19.4. The number of fused-ring (bicyclic) bond motifs is 1. The van der Waals surface area contributed by atoms with Gasteiger partial charge in [0, 0.05) is 42.5 Å². The highest BCUT2D eigenvalue weighted by Gasteiger charge is 2.17. The van der Waals surface area contributed by atoms with Gasteiger partial charge in [-0.25, -0.2) is 4.98 Å². The van der Waals surface area contributed by atoms with E-state index < -0.39 is 0 Å². The van der Waals surface area contributed by atoms with Crippen molar-refractivity contribution in [2.24, 2.45) is 0 Å². The predicted octanol–water partition coefficient (Wildman–Crippen LogP) is 3.91. The highest BCUT2D eigenvalue weighted by Crippen LogP contribution is 2.27. The molecule has 30 heavy (non-hydrogen) atoms. The summed E-state index contributed by atoms with van der Waals surface area (Å²) in [6, 6.07) is 8.31. The van der Waals surface area contributed by atoms with Crippen LogP contribution in [0.1, 0.15) is 16.9 Å². The minimum Gasteiger partial charge on any atom is -0.497 e. The molecule has 0 saturated carbocycles. The molecule has 0 atom stereocenters. The number of aromatic amines is 1. The Bertz CT molecular complexity index is 1050. The monoisotopic (exact) mass is 444 g/mol. The number of thiophene rings is 1. The van der Waals surface area contributed by atoms with Crippen molar-refractivity contribution in [2.75, 3.05) is 50.5 Å². The van der Waals surface area contributed by atoms with Gasteiger partial charge >= 0.3 is 0 Å². The lowest BCUT2D eigenvalue weighted by molar-refractivity contribution is 0.259. The number of ether oxygens (including phenoxy) is 1. The van der Waals surface area contributed by atoms with Gasteiger partial charge in [-0.15, -0.1) is 11.3 Å². The highest BCUT2D eigenvalue weighted by atomic mass is 32.2. The number of thioether (sulfide) groups is 1. The molecule has 0 bridgehead atoms. The van der Waals surface area contributed by atoms with E-state index in [9.17, 15) is 4.79 Å². The number of piperazine rings is 1. The largest absolute Gasteiger partial charge is 0.497 e. The number of aryl methyl sites for hydroxylation is 2. The van der Waals surface area contributed by atoms with Gasteiger partial charge in [-0.1, -0.05) is 11.8 Å². The Labute approximate surface area is 185 Å². The van der Waals surface area contributed by atoms with Crippen molar-refractivity contribution in [3.63, 3.8) is 0 Å². The molecule has 0 unspecified atom stereocenters. The van der Waals surface area contributed by atoms with Gasteiger partial charge in [-0.05, 0) is 56.6 Å². The van der Waals surface area contributed by atoms with Crippen molar-refractivity contribution in [2.45, 2.75) is 25.4 Å². The molecule has 0 spiro atoms. The summed E-state index contributed by atoms with van der Waals surface area (Å²) in [5.74, 6) is 1.85. The molecule has 1 aliphatic heterocycles. The minimum absolute atomic E-state index is 0.0148. The molecule has 0 aliphatic carbocycles. The summed E-state index contributed by atoms with van der Waals surface area (Å²) < 4.78 is 5.24. The summed E-state index contributed by atoms with van der Waals surface area (Å²) in [6.07, 6.45) is 1.08. The smallest absolute Gasteiger partial charge is 0.260 e. The summed E-state index contributed by atoms with van der Waals surface area (Å²) >= 11 is 3.25. The fourth-order valence-electron chi connectivity index (χ4n) is 3.78. The fourth-order valence-corrected chi connectivity index (χ4v) is 5.66. The summed E-state index contributed by atoms with van der Waals surface area (Å²) in [5, 5.41) is 1.48. The second kappa shape index (κ2) is 9.41. The Balaban J connectivity index is 1.23. The van der Waals surface area contributed by atoms with Crippen molar-refractivity contribution < 1.29 is 4.74 Å². The number of rotatable bonds is 7. The van der Waals surface area contributed by atoms with E-state index >= 15 is 0 Å². The first-order valence-electron chi connectivity index (χ1n) is 10.3. The van der Waals surface area contributed by atoms with Crippen LogP contribution >= 0.6 is 23.1 Å². The van der Waals surface area contributed by atoms with Crippen molar-refractivity contribution in [3.05, 3.63) is 45.1 Å². The molecule has 1 aromatic carbocycles. The minimum atomic E-state index is -0.0148. The van der Waals surface area contributed by atoms with E-state index in [2.05, 4.69) is 31.9 Å². The standard InChI is InChI=1S/C22H28N4O2S2/c1-15-16(2)30-21-19(15)20(27)23-22(24-21)29-14-4-9-25-10-12-26(13-11-25)17-5-7-18(28-3)8-6-17/h5-8H,4,9-14H2,1-3H3,(H,23,24,27). The molecule has 8 heteroatoms. The molecule has 1 N–H and O–H groups in total. The Hall–Kier alpha value is -2.03. The molecule has 0 amide bonds. The van der Waals surface area contributed by atoms with E-state index in [-0.39, 0.29) is 5.56 Å². The van der Waals surface area contributed by atoms with Crippen LogP contribution in [-0.2, 0) is 0 Å². The van der Waals surface area contributed by atoms with Crippen LogP contribution in [0.15, 0.2) is 34.2 Å². The number of H-pyrrole nitrogens is 1. The van der Waals surface area contributed by atoms with Crippen LogP contribution in [0.2, 0.25) is 0 Å². The zero-order chi connectivity index (χ0) is 21.1. The van der Waals surface area contributed by atoms with Crippen LogP contribution in [0.25, 0.3) is 10.2 Å². The van der Waals surface area contributed by atoms with E-state index in [0.717, 1.165) is 71.6 Å². The maximum atomic E-state index is 12.4. The fraction of sp³-hybridized carbons (Fsp3) is 0.455. The predicted molar refractivity (Wildman–Crippen MR) is 127 cm³/mol. The number of benzene rings is 1. The third-order valence-electron chi connectivity index (χ3n) is 5.68. The number of nitrogens with one attached hydrogen (secondary N) is 1. The van der Waals surface area contributed by atoms with Gasteiger partial charge in [0.05, 0.1) is 12.5 Å². The van der Waals surface area contributed by atoms with E-state index in [1.54, 1.807) is 30.2 Å². The molecule has 6 nitrogen and oxygen atoms in total. The van der Waals surface area contributed by atoms with E-state index in [1.807, 2.05) is 26.0 Å². The Morgan fingerprint density at radius 3 is 2.60 bits per heavy atom. The topological polar surface area (TPSA) is 61.5 Å². The lowest BCUT2D eigenvalue weighted by Gasteiger charge is -2.36. The quantitative estimate of drug-likeness (QED) is 0.339. The molecule has 3 heterocycles. The molecule has 0 radical (unpaired) electrons. The van der Waals surface area contributed by atoms with Gasteiger partial charge in [0.25, 0.3) is 5.56 Å². The molecule has 3 aromatic rings. The maximum absolute atomic E-state index is 12.4. The van der Waals surface area contributed by atoms with Gasteiger partial charge < -0.3 is 14.6 Å². The number of hydrogen-bond donors (Lipinski definition) is 1. The van der Waals surface area contributed by atoms with Crippen LogP contribution < -0.4 is 15.2 Å². The number of nitrogens with zero attached hydrogens (tertiary/aromatic N) is 3. The van der Waals surface area contributed by atoms with Crippen molar-refractivity contribution in [1.29, 1.82) is 0 Å². The van der Waals surface area contributed by atoms with Gasteiger partial charge in [0.1, 0.15) is 10.6 Å². The molecule has 1 aliphatic rings. The normalized spacial score (nSPS) is 15.1. The lowest BCUT2D eigenvalue weighted by Crippen LogP contribution is -2.46. The van der Waals surface area contributed by atoms with Crippen LogP contribution in [0.5, 0.6) is 5.75 Å². The summed E-state index contributed by atoms with van der Waals surface area (Å²) in [6.45, 7) is 9.35. The Morgan fingerprint density at radius 2 is 1.90 bits per heavy atom. The van der Waals surface area contributed by atoms with Gasteiger partial charge in [0.2, 0.25) is 0 Å². The van der Waals surface area contributed by atoms with Crippen LogP contribution in [-0.4, -0.2) is 60.5 Å². The third kappa shape index (κ3) is 4.66. The van der Waals surface area contributed by atoms with Crippen molar-refractivity contribution in [3.8, 4) is 5.75 Å². The second-order valence-electron chi connectivity index (χ2n) is 7.56. The highest BCUT2D eigenvalue weighted by molar-refractivity contribution is 7.99. The summed E-state index contributed by atoms with van der Waals surface area (Å²) in [5.41, 5.74) is 2.29. The zero-order valence-electron chi connectivity index (χ0n) is 17.7. The van der Waals surface area contributed by atoms with Gasteiger partial charge in [0.15, 0.2) is 5.16 Å². The average molecular weight is 445 g/mol. The number of hydrogen-bond acceptors (Lipinski definition) is 7. The van der Waals surface area contributed by atoms with Gasteiger partial charge in [-0.2, -0.15) is 0 Å². The number of methoxy groups -OCH3 is 1. The van der Waals surface area contributed by atoms with Crippen molar-refractivity contribution >= 4 is 39.0 Å². The summed E-state index contributed by atoms with van der Waals surface area (Å²) in [7, 11) is 1.70. The number of aromatic nitrogens is 2. The first kappa shape index (κ1) is 21.2. The SMILES string of the molecule is COc1ccc(N2CCN(CCCSc3nc4sc(C)c(C)c4c(=O)[nH]3)CC2)cc1. The lowest BCUT2D eigenvalue weighted by atomic mass is 10.2. The maximum Gasteiger partial charge on any atom is 0.260 e. The number of anilines is 1. The molecular formula is C22H28N4O2S2.